The first-order valence-electron chi connectivity index (χ1n) is 6.15. The summed E-state index contributed by atoms with van der Waals surface area (Å²) in [7, 11) is 0. The summed E-state index contributed by atoms with van der Waals surface area (Å²) in [6, 6.07) is 8.77. The smallest absolute Gasteiger partial charge is 0.325 e. The SMILES string of the molecule is CC1(C)CN(C(C(=O)O)c2ccccc2)CCO1. The van der Waals surface area contributed by atoms with Gasteiger partial charge in [0.05, 0.1) is 12.2 Å². The number of hydrogen-bond acceptors (Lipinski definition) is 3. The highest BCUT2D eigenvalue weighted by molar-refractivity contribution is 5.75. The van der Waals surface area contributed by atoms with Crippen LogP contribution >= 0.6 is 0 Å². The number of benzene rings is 1. The van der Waals surface area contributed by atoms with E-state index in [2.05, 4.69) is 0 Å². The summed E-state index contributed by atoms with van der Waals surface area (Å²) in [5, 5.41) is 9.47. The van der Waals surface area contributed by atoms with Gasteiger partial charge in [-0.05, 0) is 19.4 Å². The van der Waals surface area contributed by atoms with Crippen LogP contribution in [0.2, 0.25) is 0 Å². The molecule has 0 radical (unpaired) electrons. The Bertz CT molecular complexity index is 416. The number of nitrogens with zero attached hydrogens (tertiary/aromatic N) is 1. The molecule has 4 heteroatoms. The Morgan fingerprint density at radius 3 is 2.61 bits per heavy atom. The van der Waals surface area contributed by atoms with Gasteiger partial charge in [0.25, 0.3) is 0 Å². The molecule has 0 spiro atoms. The van der Waals surface area contributed by atoms with E-state index in [9.17, 15) is 9.90 Å². The Morgan fingerprint density at radius 2 is 2.06 bits per heavy atom. The number of hydrogen-bond donors (Lipinski definition) is 1. The molecule has 1 aromatic rings. The molecule has 0 saturated carbocycles. The zero-order chi connectivity index (χ0) is 13.2. The summed E-state index contributed by atoms with van der Waals surface area (Å²) in [6.45, 7) is 5.82. The molecule has 1 aliphatic rings. The number of carboxylic acids is 1. The third-order valence-corrected chi connectivity index (χ3v) is 3.17. The van der Waals surface area contributed by atoms with Crippen molar-refractivity contribution >= 4 is 5.97 Å². The van der Waals surface area contributed by atoms with Crippen molar-refractivity contribution in [3.8, 4) is 0 Å². The van der Waals surface area contributed by atoms with Crippen molar-refractivity contribution in [2.75, 3.05) is 19.7 Å². The Balaban J connectivity index is 2.23. The molecule has 1 fully saturated rings. The molecule has 1 N–H and O–H groups in total. The lowest BCUT2D eigenvalue weighted by Crippen LogP contribution is -2.51. The maximum absolute atomic E-state index is 11.5. The van der Waals surface area contributed by atoms with E-state index in [0.717, 1.165) is 5.56 Å². The van der Waals surface area contributed by atoms with Crippen molar-refractivity contribution in [3.05, 3.63) is 35.9 Å². The molecule has 1 unspecified atom stereocenters. The van der Waals surface area contributed by atoms with E-state index in [1.807, 2.05) is 49.1 Å². The second-order valence-corrected chi connectivity index (χ2v) is 5.23. The predicted octanol–water partition coefficient (Wildman–Crippen LogP) is 1.92. The fraction of sp³-hybridized carbons (Fsp3) is 0.500. The van der Waals surface area contributed by atoms with Crippen LogP contribution in [0.15, 0.2) is 30.3 Å². The summed E-state index contributed by atoms with van der Waals surface area (Å²) in [5.74, 6) is -0.807. The Kier molecular flexibility index (Phi) is 3.68. The zero-order valence-corrected chi connectivity index (χ0v) is 10.8. The van der Waals surface area contributed by atoms with E-state index < -0.39 is 12.0 Å². The standard InChI is InChI=1S/C14H19NO3/c1-14(2)10-15(8-9-18-14)12(13(16)17)11-6-4-3-5-7-11/h3-7,12H,8-10H2,1-2H3,(H,16,17). The van der Waals surface area contributed by atoms with Crippen LogP contribution in [0, 0.1) is 0 Å². The van der Waals surface area contributed by atoms with Crippen molar-refractivity contribution in [2.24, 2.45) is 0 Å². The minimum Gasteiger partial charge on any atom is -0.480 e. The van der Waals surface area contributed by atoms with Gasteiger partial charge in [-0.15, -0.1) is 0 Å². The second-order valence-electron chi connectivity index (χ2n) is 5.23. The van der Waals surface area contributed by atoms with E-state index in [1.165, 1.54) is 0 Å². The first kappa shape index (κ1) is 13.1. The van der Waals surface area contributed by atoms with Crippen LogP contribution in [-0.4, -0.2) is 41.3 Å². The van der Waals surface area contributed by atoms with Crippen molar-refractivity contribution < 1.29 is 14.6 Å². The maximum atomic E-state index is 11.5. The van der Waals surface area contributed by atoms with Crippen LogP contribution < -0.4 is 0 Å². The minimum absolute atomic E-state index is 0.291. The largest absolute Gasteiger partial charge is 0.480 e. The fourth-order valence-corrected chi connectivity index (χ4v) is 2.42. The molecule has 98 valence electrons. The Labute approximate surface area is 107 Å². The lowest BCUT2D eigenvalue weighted by molar-refractivity contribution is -0.151. The highest BCUT2D eigenvalue weighted by atomic mass is 16.5. The number of aliphatic carboxylic acids is 1. The van der Waals surface area contributed by atoms with Gasteiger partial charge in [0.2, 0.25) is 0 Å². The van der Waals surface area contributed by atoms with Gasteiger partial charge in [-0.1, -0.05) is 30.3 Å². The highest BCUT2D eigenvalue weighted by Gasteiger charge is 2.35. The van der Waals surface area contributed by atoms with Gasteiger partial charge in [-0.25, -0.2) is 0 Å². The van der Waals surface area contributed by atoms with Gasteiger partial charge in [0, 0.05) is 13.1 Å². The molecule has 0 aromatic heterocycles. The van der Waals surface area contributed by atoms with Crippen molar-refractivity contribution in [3.63, 3.8) is 0 Å². The van der Waals surface area contributed by atoms with Crippen LogP contribution in [0.25, 0.3) is 0 Å². The first-order valence-corrected chi connectivity index (χ1v) is 6.15. The molecular weight excluding hydrogens is 230 g/mol. The van der Waals surface area contributed by atoms with Crippen LogP contribution in [0.1, 0.15) is 25.5 Å². The molecule has 4 nitrogen and oxygen atoms in total. The summed E-state index contributed by atoms with van der Waals surface area (Å²) >= 11 is 0. The summed E-state index contributed by atoms with van der Waals surface area (Å²) < 4.78 is 5.63. The van der Waals surface area contributed by atoms with Crippen LogP contribution in [0.3, 0.4) is 0 Å². The van der Waals surface area contributed by atoms with Gasteiger partial charge in [0.15, 0.2) is 0 Å². The zero-order valence-electron chi connectivity index (χ0n) is 10.8. The molecule has 1 aliphatic heterocycles. The topological polar surface area (TPSA) is 49.8 Å². The van der Waals surface area contributed by atoms with Gasteiger partial charge in [-0.3, -0.25) is 9.69 Å². The van der Waals surface area contributed by atoms with Gasteiger partial charge in [-0.2, -0.15) is 0 Å². The molecular formula is C14H19NO3. The van der Waals surface area contributed by atoms with E-state index in [4.69, 9.17) is 4.74 Å². The van der Waals surface area contributed by atoms with Crippen LogP contribution in [-0.2, 0) is 9.53 Å². The Hall–Kier alpha value is -1.39. The third-order valence-electron chi connectivity index (χ3n) is 3.17. The molecule has 0 bridgehead atoms. The lowest BCUT2D eigenvalue weighted by Gasteiger charge is -2.40. The molecule has 2 rings (SSSR count). The normalized spacial score (nSPS) is 21.4. The molecule has 1 aromatic carbocycles. The Morgan fingerprint density at radius 1 is 1.39 bits per heavy atom. The summed E-state index contributed by atoms with van der Waals surface area (Å²) in [4.78, 5) is 13.5. The number of carboxylic acid groups (broad SMARTS) is 1. The second kappa shape index (κ2) is 5.08. The van der Waals surface area contributed by atoms with Gasteiger partial charge in [0.1, 0.15) is 6.04 Å². The first-order chi connectivity index (χ1) is 8.49. The van der Waals surface area contributed by atoms with E-state index in [1.54, 1.807) is 0 Å². The van der Waals surface area contributed by atoms with E-state index in [0.29, 0.717) is 19.7 Å². The lowest BCUT2D eigenvalue weighted by atomic mass is 10.0. The number of carbonyl (C=O) groups is 1. The monoisotopic (exact) mass is 249 g/mol. The van der Waals surface area contributed by atoms with Crippen molar-refractivity contribution in [1.29, 1.82) is 0 Å². The van der Waals surface area contributed by atoms with Gasteiger partial charge >= 0.3 is 5.97 Å². The van der Waals surface area contributed by atoms with Gasteiger partial charge < -0.3 is 9.84 Å². The molecule has 18 heavy (non-hydrogen) atoms. The quantitative estimate of drug-likeness (QED) is 0.889. The highest BCUT2D eigenvalue weighted by Crippen LogP contribution is 2.26. The van der Waals surface area contributed by atoms with E-state index >= 15 is 0 Å². The van der Waals surface area contributed by atoms with Crippen molar-refractivity contribution in [2.45, 2.75) is 25.5 Å². The number of rotatable bonds is 3. The minimum atomic E-state index is -0.807. The van der Waals surface area contributed by atoms with E-state index in [-0.39, 0.29) is 5.60 Å². The predicted molar refractivity (Wildman–Crippen MR) is 68.4 cm³/mol. The summed E-state index contributed by atoms with van der Waals surface area (Å²) in [5.41, 5.74) is 0.531. The molecule has 1 atom stereocenters. The number of ether oxygens (including phenoxy) is 1. The molecule has 0 amide bonds. The maximum Gasteiger partial charge on any atom is 0.325 e. The summed E-state index contributed by atoms with van der Waals surface area (Å²) in [6.07, 6.45) is 0. The number of morpholine rings is 1. The van der Waals surface area contributed by atoms with Crippen LogP contribution in [0.4, 0.5) is 0 Å². The molecule has 0 aliphatic carbocycles. The fourth-order valence-electron chi connectivity index (χ4n) is 2.42. The van der Waals surface area contributed by atoms with Crippen LogP contribution in [0.5, 0.6) is 0 Å². The molecule has 1 heterocycles. The molecule has 1 saturated heterocycles. The van der Waals surface area contributed by atoms with Crippen molar-refractivity contribution in [1.82, 2.24) is 4.90 Å². The average molecular weight is 249 g/mol. The third kappa shape index (κ3) is 2.89. The average Bonchev–Trinajstić information content (AvgIpc) is 2.28.